The fourth-order valence-corrected chi connectivity index (χ4v) is 3.03. The highest BCUT2D eigenvalue weighted by atomic mass is 16.5. The van der Waals surface area contributed by atoms with Gasteiger partial charge in [0.05, 0.1) is 13.3 Å². The van der Waals surface area contributed by atoms with Crippen LogP contribution < -0.4 is 20.7 Å². The van der Waals surface area contributed by atoms with E-state index >= 15 is 0 Å². The Balaban J connectivity index is 1.65. The first-order valence-electron chi connectivity index (χ1n) is 9.11. The molecule has 5 rings (SSSR count). The lowest BCUT2D eigenvalue weighted by Gasteiger charge is -2.09. The highest BCUT2D eigenvalue weighted by Gasteiger charge is 2.26. The molecule has 29 heavy (non-hydrogen) atoms. The molecule has 0 radical (unpaired) electrons. The third kappa shape index (κ3) is 3.24. The maximum atomic E-state index is 11.9. The highest BCUT2D eigenvalue weighted by molar-refractivity contribution is 6.14. The first-order chi connectivity index (χ1) is 14.1. The molecule has 2 fully saturated rings. The Labute approximate surface area is 165 Å². The number of anilines is 1. The minimum atomic E-state index is -0.555. The van der Waals surface area contributed by atoms with Crippen LogP contribution in [0.2, 0.25) is 0 Å². The molecule has 0 bridgehead atoms. The van der Waals surface area contributed by atoms with Gasteiger partial charge in [-0.15, -0.1) is 0 Å². The molecular weight excluding hydrogens is 374 g/mol. The molecule has 1 aromatic carbocycles. The summed E-state index contributed by atoms with van der Waals surface area (Å²) in [4.78, 5) is 32.6. The van der Waals surface area contributed by atoms with Crippen molar-refractivity contribution >= 4 is 29.6 Å². The number of amides is 3. The van der Waals surface area contributed by atoms with Crippen LogP contribution in [-0.4, -0.2) is 44.7 Å². The Morgan fingerprint density at radius 3 is 2.83 bits per heavy atom. The van der Waals surface area contributed by atoms with Crippen LogP contribution in [0.1, 0.15) is 18.4 Å². The number of imide groups is 1. The van der Waals surface area contributed by atoms with Crippen LogP contribution in [0, 0.1) is 0 Å². The topological polar surface area (TPSA) is 123 Å². The lowest BCUT2D eigenvalue weighted by Crippen LogP contribution is -2.22. The van der Waals surface area contributed by atoms with Crippen molar-refractivity contribution in [2.24, 2.45) is 0 Å². The molecule has 10 nitrogen and oxygen atoms in total. The Morgan fingerprint density at radius 2 is 2.10 bits per heavy atom. The maximum absolute atomic E-state index is 11.9. The average Bonchev–Trinajstić information content (AvgIpc) is 3.36. The van der Waals surface area contributed by atoms with Gasteiger partial charge >= 0.3 is 6.03 Å². The van der Waals surface area contributed by atoms with Gasteiger partial charge in [-0.2, -0.15) is 14.6 Å². The first-order valence-corrected chi connectivity index (χ1v) is 9.11. The third-order valence-corrected chi connectivity index (χ3v) is 4.65. The number of hydrogen-bond acceptors (Lipinski definition) is 7. The van der Waals surface area contributed by atoms with Gasteiger partial charge in [0.2, 0.25) is 5.95 Å². The zero-order valence-corrected chi connectivity index (χ0v) is 15.5. The molecule has 1 aliphatic heterocycles. The van der Waals surface area contributed by atoms with Crippen molar-refractivity contribution in [2.75, 3.05) is 12.4 Å². The number of methoxy groups -OCH3 is 1. The van der Waals surface area contributed by atoms with Crippen LogP contribution in [0.3, 0.4) is 0 Å². The van der Waals surface area contributed by atoms with E-state index in [1.165, 1.54) is 0 Å². The molecule has 3 amide bonds. The van der Waals surface area contributed by atoms with Gasteiger partial charge in [-0.05, 0) is 31.1 Å². The fraction of sp³-hybridized carbons (Fsp3) is 0.211. The number of ether oxygens (including phenoxy) is 1. The van der Waals surface area contributed by atoms with Crippen molar-refractivity contribution in [1.29, 1.82) is 0 Å². The van der Waals surface area contributed by atoms with Gasteiger partial charge in [0.1, 0.15) is 11.4 Å². The summed E-state index contributed by atoms with van der Waals surface area (Å²) in [5.41, 5.74) is 2.03. The van der Waals surface area contributed by atoms with Crippen molar-refractivity contribution < 1.29 is 14.3 Å². The van der Waals surface area contributed by atoms with E-state index < -0.39 is 11.9 Å². The van der Waals surface area contributed by atoms with Crippen LogP contribution in [0.25, 0.3) is 23.1 Å². The Morgan fingerprint density at radius 1 is 1.24 bits per heavy atom. The standard InChI is InChI=1S/C19H17N7O3/c1-29-13-4-2-3-10(7-13)15-23-16-11(8-14-17(27)25-19(28)22-14)9-20-26(16)18(24-15)21-12-5-6-12/h2-4,7-9,12H,5-6H2,1H3,(H,21,23,24)(H2,22,25,27,28)/b14-8-. The summed E-state index contributed by atoms with van der Waals surface area (Å²) in [7, 11) is 1.60. The molecule has 1 aliphatic carbocycles. The van der Waals surface area contributed by atoms with E-state index in [1.54, 1.807) is 23.9 Å². The smallest absolute Gasteiger partial charge is 0.326 e. The molecule has 0 spiro atoms. The molecule has 2 aliphatic rings. The van der Waals surface area contributed by atoms with E-state index in [0.717, 1.165) is 18.4 Å². The van der Waals surface area contributed by atoms with Crippen molar-refractivity contribution in [3.8, 4) is 17.1 Å². The maximum Gasteiger partial charge on any atom is 0.326 e. The van der Waals surface area contributed by atoms with E-state index in [2.05, 4.69) is 31.0 Å². The average molecular weight is 391 g/mol. The molecule has 3 aromatic rings. The molecule has 3 N–H and O–H groups in total. The van der Waals surface area contributed by atoms with Crippen molar-refractivity contribution in [3.05, 3.63) is 41.7 Å². The number of fused-ring (bicyclic) bond motifs is 1. The quantitative estimate of drug-likeness (QED) is 0.445. The number of hydrogen-bond donors (Lipinski definition) is 3. The molecule has 1 saturated carbocycles. The molecule has 0 atom stereocenters. The van der Waals surface area contributed by atoms with Crippen LogP contribution in [0.15, 0.2) is 36.2 Å². The van der Waals surface area contributed by atoms with Gasteiger partial charge in [-0.1, -0.05) is 12.1 Å². The van der Waals surface area contributed by atoms with Gasteiger partial charge in [-0.3, -0.25) is 10.1 Å². The summed E-state index contributed by atoms with van der Waals surface area (Å²) >= 11 is 0. The Hall–Kier alpha value is -3.95. The SMILES string of the molecule is COc1cccc(-c2nc(NC3CC3)n3ncc(/C=C4\NC(=O)NC4=O)c3n2)c1. The molecule has 146 valence electrons. The van der Waals surface area contributed by atoms with E-state index in [9.17, 15) is 9.59 Å². The second-order valence-electron chi connectivity index (χ2n) is 6.82. The molecule has 10 heteroatoms. The van der Waals surface area contributed by atoms with Crippen LogP contribution in [-0.2, 0) is 4.79 Å². The number of nitrogens with zero attached hydrogens (tertiary/aromatic N) is 4. The van der Waals surface area contributed by atoms with Gasteiger partial charge in [0.25, 0.3) is 5.91 Å². The van der Waals surface area contributed by atoms with Gasteiger partial charge in [-0.25, -0.2) is 9.78 Å². The molecule has 2 aromatic heterocycles. The van der Waals surface area contributed by atoms with Crippen molar-refractivity contribution in [3.63, 3.8) is 0 Å². The van der Waals surface area contributed by atoms with Crippen molar-refractivity contribution in [1.82, 2.24) is 30.2 Å². The fourth-order valence-electron chi connectivity index (χ4n) is 3.03. The van der Waals surface area contributed by atoms with Crippen LogP contribution in [0.4, 0.5) is 10.7 Å². The first kappa shape index (κ1) is 17.2. The Kier molecular flexibility index (Phi) is 3.90. The zero-order valence-electron chi connectivity index (χ0n) is 15.5. The summed E-state index contributed by atoms with van der Waals surface area (Å²) in [6.07, 6.45) is 5.28. The number of carbonyl (C=O) groups is 2. The summed E-state index contributed by atoms with van der Waals surface area (Å²) < 4.78 is 6.91. The lowest BCUT2D eigenvalue weighted by atomic mass is 10.2. The van der Waals surface area contributed by atoms with E-state index in [-0.39, 0.29) is 5.70 Å². The number of urea groups is 1. The van der Waals surface area contributed by atoms with Gasteiger partial charge in [0, 0.05) is 17.2 Å². The summed E-state index contributed by atoms with van der Waals surface area (Å²) in [6, 6.07) is 7.27. The predicted octanol–water partition coefficient (Wildman–Crippen LogP) is 1.55. The Bertz CT molecular complexity index is 1180. The van der Waals surface area contributed by atoms with E-state index in [4.69, 9.17) is 4.74 Å². The second-order valence-corrected chi connectivity index (χ2v) is 6.82. The molecular formula is C19H17N7O3. The monoisotopic (exact) mass is 391 g/mol. The number of aromatic nitrogens is 4. The molecule has 1 saturated heterocycles. The number of nitrogens with one attached hydrogen (secondary N) is 3. The number of carbonyl (C=O) groups excluding carboxylic acids is 2. The van der Waals surface area contributed by atoms with Crippen LogP contribution in [0.5, 0.6) is 5.75 Å². The minimum absolute atomic E-state index is 0.142. The largest absolute Gasteiger partial charge is 0.497 e. The third-order valence-electron chi connectivity index (χ3n) is 4.65. The second kappa shape index (κ2) is 6.59. The molecule has 3 heterocycles. The minimum Gasteiger partial charge on any atom is -0.497 e. The summed E-state index contributed by atoms with van der Waals surface area (Å²) in [5, 5.41) is 12.4. The predicted molar refractivity (Wildman–Crippen MR) is 104 cm³/mol. The van der Waals surface area contributed by atoms with E-state index in [1.807, 2.05) is 24.3 Å². The molecule has 0 unspecified atom stereocenters. The van der Waals surface area contributed by atoms with Crippen LogP contribution >= 0.6 is 0 Å². The van der Waals surface area contributed by atoms with Gasteiger partial charge < -0.3 is 15.4 Å². The normalized spacial score (nSPS) is 17.5. The van der Waals surface area contributed by atoms with Crippen molar-refractivity contribution in [2.45, 2.75) is 18.9 Å². The summed E-state index contributed by atoms with van der Waals surface area (Å²) in [5.74, 6) is 1.27. The zero-order chi connectivity index (χ0) is 20.0. The summed E-state index contributed by atoms with van der Waals surface area (Å²) in [6.45, 7) is 0. The number of rotatable bonds is 5. The van der Waals surface area contributed by atoms with Gasteiger partial charge in [0.15, 0.2) is 11.5 Å². The number of benzene rings is 1. The lowest BCUT2D eigenvalue weighted by molar-refractivity contribution is -0.115. The highest BCUT2D eigenvalue weighted by Crippen LogP contribution is 2.28. The van der Waals surface area contributed by atoms with E-state index in [0.29, 0.717) is 34.8 Å².